The zero-order chi connectivity index (χ0) is 44.1. The van der Waals surface area contributed by atoms with E-state index in [1.54, 1.807) is 36.4 Å². The molecule has 2 saturated heterocycles. The lowest BCUT2D eigenvalue weighted by molar-refractivity contribution is -0.360. The standard InChI is InChI=1S/C38H45O21P/c1-20(39)47-18-29-31(49-22(3)41)33(51-24(5)43)35(53-26(7)45)37(54-29)56-36-34(52-25(6)44)32(50-23(4)42)30(19-48-21(2)40)55-38(36)59-60(46,57-27-14-10-8-11-15-27)58-28-16-12-9-13-17-28/h8-17,29-38H,18-19H2,1-7H3/t29-,30+,31-,32-,33+,34+,35+,36+,37-,38+/m1/s1. The zero-order valence-corrected chi connectivity index (χ0v) is 34.4. The smallest absolute Gasteiger partial charge is 0.463 e. The molecule has 2 aromatic carbocycles. The Balaban J connectivity index is 1.92. The van der Waals surface area contributed by atoms with E-state index in [0.717, 1.165) is 48.5 Å². The van der Waals surface area contributed by atoms with Gasteiger partial charge in [-0.2, -0.15) is 0 Å². The summed E-state index contributed by atoms with van der Waals surface area (Å²) >= 11 is 0. The van der Waals surface area contributed by atoms with Crippen LogP contribution >= 0.6 is 7.82 Å². The summed E-state index contributed by atoms with van der Waals surface area (Å²) < 4.78 is 89.1. The Morgan fingerprint density at radius 2 is 0.817 bits per heavy atom. The number of phosphoric ester groups is 1. The lowest BCUT2D eigenvalue weighted by Gasteiger charge is -2.48. The van der Waals surface area contributed by atoms with E-state index in [1.807, 2.05) is 0 Å². The summed E-state index contributed by atoms with van der Waals surface area (Å²) in [5.74, 6) is -6.43. The van der Waals surface area contributed by atoms with Gasteiger partial charge in [0, 0.05) is 48.5 Å². The first-order valence-corrected chi connectivity index (χ1v) is 19.7. The summed E-state index contributed by atoms with van der Waals surface area (Å²) in [4.78, 5) is 86.8. The second-order valence-corrected chi connectivity index (χ2v) is 14.5. The van der Waals surface area contributed by atoms with Gasteiger partial charge in [0.05, 0.1) is 0 Å². The van der Waals surface area contributed by atoms with Crippen molar-refractivity contribution in [3.05, 3.63) is 60.7 Å². The van der Waals surface area contributed by atoms with Crippen LogP contribution in [-0.4, -0.2) is 116 Å². The van der Waals surface area contributed by atoms with Gasteiger partial charge >= 0.3 is 49.6 Å². The van der Waals surface area contributed by atoms with Gasteiger partial charge in [0.15, 0.2) is 42.9 Å². The Bertz CT molecular complexity index is 1830. The van der Waals surface area contributed by atoms with E-state index < -0.39 is 124 Å². The van der Waals surface area contributed by atoms with Crippen molar-refractivity contribution in [2.45, 2.75) is 110 Å². The van der Waals surface area contributed by atoms with E-state index >= 15 is 0 Å². The van der Waals surface area contributed by atoms with Crippen LogP contribution in [0.4, 0.5) is 0 Å². The fraction of sp³-hybridized carbons (Fsp3) is 0.500. The van der Waals surface area contributed by atoms with Gasteiger partial charge in [-0.1, -0.05) is 36.4 Å². The number of rotatable bonds is 17. The number of carbonyl (C=O) groups is 7. The van der Waals surface area contributed by atoms with Gasteiger partial charge in [0.25, 0.3) is 0 Å². The van der Waals surface area contributed by atoms with Gasteiger partial charge in [0.2, 0.25) is 6.29 Å². The van der Waals surface area contributed by atoms with Crippen molar-refractivity contribution < 1.29 is 99.1 Å². The maximum atomic E-state index is 14.8. The summed E-state index contributed by atoms with van der Waals surface area (Å²) in [5.41, 5.74) is 0. The molecule has 2 aliphatic heterocycles. The molecule has 22 heteroatoms. The van der Waals surface area contributed by atoms with Crippen molar-refractivity contribution in [2.24, 2.45) is 0 Å². The van der Waals surface area contributed by atoms with Crippen LogP contribution in [0.2, 0.25) is 0 Å². The number of phosphoric acid groups is 1. The monoisotopic (exact) mass is 868 g/mol. The fourth-order valence-corrected chi connectivity index (χ4v) is 7.27. The van der Waals surface area contributed by atoms with E-state index in [9.17, 15) is 38.1 Å². The molecule has 0 aromatic heterocycles. The van der Waals surface area contributed by atoms with E-state index in [1.165, 1.54) is 24.3 Å². The zero-order valence-electron chi connectivity index (χ0n) is 33.5. The summed E-state index contributed by atoms with van der Waals surface area (Å²) in [7, 11) is -4.99. The fourth-order valence-electron chi connectivity index (χ4n) is 5.96. The van der Waals surface area contributed by atoms with E-state index in [4.69, 9.17) is 60.9 Å². The number of para-hydroxylation sites is 2. The molecule has 0 spiro atoms. The lowest BCUT2D eigenvalue weighted by Crippen LogP contribution is -2.67. The van der Waals surface area contributed by atoms with Gasteiger partial charge in [-0.05, 0) is 24.3 Å². The normalized spacial score (nSPS) is 26.2. The Labute approximate surface area is 343 Å². The minimum atomic E-state index is -4.99. The topological polar surface area (TPSA) is 257 Å². The molecule has 0 amide bonds. The van der Waals surface area contributed by atoms with Crippen molar-refractivity contribution in [1.82, 2.24) is 0 Å². The molecule has 2 heterocycles. The molecular formula is C38H45O21P. The van der Waals surface area contributed by atoms with Crippen LogP contribution in [0.5, 0.6) is 11.5 Å². The first-order chi connectivity index (χ1) is 28.3. The number of carbonyl (C=O) groups excluding carboxylic acids is 7. The highest BCUT2D eigenvalue weighted by Gasteiger charge is 2.59. The molecule has 0 N–H and O–H groups in total. The molecule has 2 fully saturated rings. The predicted octanol–water partition coefficient (Wildman–Crippen LogP) is 2.89. The van der Waals surface area contributed by atoms with Crippen LogP contribution in [0, 0.1) is 0 Å². The van der Waals surface area contributed by atoms with Crippen LogP contribution in [0.25, 0.3) is 0 Å². The van der Waals surface area contributed by atoms with Gasteiger partial charge in [-0.25, -0.2) is 9.09 Å². The third kappa shape index (κ3) is 14.0. The van der Waals surface area contributed by atoms with Crippen LogP contribution < -0.4 is 9.05 Å². The molecule has 328 valence electrons. The maximum absolute atomic E-state index is 14.8. The van der Waals surface area contributed by atoms with Crippen molar-refractivity contribution in [1.29, 1.82) is 0 Å². The summed E-state index contributed by atoms with van der Waals surface area (Å²) in [6, 6.07) is 15.3. The highest BCUT2D eigenvalue weighted by atomic mass is 31.2. The molecule has 0 radical (unpaired) electrons. The van der Waals surface area contributed by atoms with Crippen molar-refractivity contribution in [3.8, 4) is 11.5 Å². The summed E-state index contributed by atoms with van der Waals surface area (Å²) in [6.45, 7) is 5.84. The molecule has 0 unspecified atom stereocenters. The lowest BCUT2D eigenvalue weighted by atomic mass is 9.96. The number of ether oxygens (including phenoxy) is 10. The molecule has 10 atom stereocenters. The van der Waals surface area contributed by atoms with Crippen LogP contribution in [-0.2, 0) is 90.0 Å². The first kappa shape index (κ1) is 47.1. The molecule has 2 aromatic rings. The van der Waals surface area contributed by atoms with Gasteiger partial charge < -0.3 is 56.4 Å². The average Bonchev–Trinajstić information content (AvgIpc) is 3.14. The first-order valence-electron chi connectivity index (χ1n) is 18.2. The largest absolute Gasteiger partial charge is 0.590 e. The number of benzene rings is 2. The van der Waals surface area contributed by atoms with Crippen LogP contribution in [0.15, 0.2) is 60.7 Å². The highest BCUT2D eigenvalue weighted by Crippen LogP contribution is 2.52. The Morgan fingerprint density at radius 1 is 0.467 bits per heavy atom. The molecule has 0 aliphatic carbocycles. The number of hydrogen-bond acceptors (Lipinski definition) is 21. The van der Waals surface area contributed by atoms with E-state index in [0.29, 0.717) is 0 Å². The van der Waals surface area contributed by atoms with Crippen LogP contribution in [0.1, 0.15) is 48.5 Å². The maximum Gasteiger partial charge on any atom is 0.590 e. The molecule has 0 saturated carbocycles. The molecule has 0 bridgehead atoms. The third-order valence-electron chi connectivity index (χ3n) is 8.04. The third-order valence-corrected chi connectivity index (χ3v) is 9.37. The SMILES string of the molecule is CC(=O)OC[C@@H]1O[C@@H](OP(=O)(Oc2ccccc2)Oc2ccccc2)[C@@H](O[C@H]2O[C@H](COC(C)=O)[C@@H](OC(C)=O)[C@H](OC(C)=O)[C@@H]2OC(C)=O)[C@@H](OC(C)=O)[C@@H]1OC(C)=O. The summed E-state index contributed by atoms with van der Waals surface area (Å²) in [5, 5.41) is 0. The Kier molecular flexibility index (Phi) is 16.9. The quantitative estimate of drug-likeness (QED) is 0.126. The molecule has 60 heavy (non-hydrogen) atoms. The van der Waals surface area contributed by atoms with Crippen molar-refractivity contribution in [2.75, 3.05) is 13.2 Å². The minimum absolute atomic E-state index is 0.0181. The van der Waals surface area contributed by atoms with Gasteiger partial charge in [0.1, 0.15) is 36.9 Å². The van der Waals surface area contributed by atoms with E-state index in [-0.39, 0.29) is 11.5 Å². The second-order valence-electron chi connectivity index (χ2n) is 13.0. The van der Waals surface area contributed by atoms with Gasteiger partial charge in [-0.15, -0.1) is 0 Å². The number of hydrogen-bond donors (Lipinski definition) is 0. The highest BCUT2D eigenvalue weighted by molar-refractivity contribution is 7.49. The van der Waals surface area contributed by atoms with Gasteiger partial charge in [-0.3, -0.25) is 33.6 Å². The predicted molar refractivity (Wildman–Crippen MR) is 196 cm³/mol. The Hall–Kier alpha value is -5.60. The Morgan fingerprint density at radius 3 is 1.20 bits per heavy atom. The summed E-state index contributed by atoms with van der Waals surface area (Å²) in [6.07, 6.45) is -17.9. The average molecular weight is 869 g/mol. The number of esters is 7. The molecule has 4 rings (SSSR count). The van der Waals surface area contributed by atoms with Crippen molar-refractivity contribution in [3.63, 3.8) is 0 Å². The van der Waals surface area contributed by atoms with Crippen molar-refractivity contribution >= 4 is 49.6 Å². The van der Waals surface area contributed by atoms with Crippen LogP contribution in [0.3, 0.4) is 0 Å². The molecular weight excluding hydrogens is 823 g/mol. The van der Waals surface area contributed by atoms with E-state index in [2.05, 4.69) is 0 Å². The minimum Gasteiger partial charge on any atom is -0.463 e. The molecule has 21 nitrogen and oxygen atoms in total. The molecule has 2 aliphatic rings. The second kappa shape index (κ2) is 21.6.